The van der Waals surface area contributed by atoms with Gasteiger partial charge in [-0.3, -0.25) is 0 Å². The molecule has 1 aliphatic carbocycles. The summed E-state index contributed by atoms with van der Waals surface area (Å²) in [7, 11) is 0. The summed E-state index contributed by atoms with van der Waals surface area (Å²) in [5.74, 6) is 1.56. The molecule has 1 N–H and O–H groups in total. The third-order valence-electron chi connectivity index (χ3n) is 4.43. The Labute approximate surface area is 93.6 Å². The van der Waals surface area contributed by atoms with Gasteiger partial charge >= 0.3 is 0 Å². The van der Waals surface area contributed by atoms with Crippen LogP contribution < -0.4 is 5.32 Å². The third-order valence-corrected chi connectivity index (χ3v) is 5.41. The predicted octanol–water partition coefficient (Wildman–Crippen LogP) is 1.76. The number of fused-ring (bicyclic) bond motifs is 4. The fraction of sp³-hybridized carbons (Fsp3) is 0.667. The maximum atomic E-state index is 5.61. The zero-order valence-electron chi connectivity index (χ0n) is 8.66. The van der Waals surface area contributed by atoms with E-state index in [1.54, 1.807) is 10.4 Å². The van der Waals surface area contributed by atoms with Crippen molar-refractivity contribution >= 4 is 11.3 Å². The van der Waals surface area contributed by atoms with Gasteiger partial charge in [-0.1, -0.05) is 0 Å². The van der Waals surface area contributed by atoms with Crippen LogP contribution in [0.25, 0.3) is 0 Å². The summed E-state index contributed by atoms with van der Waals surface area (Å²) in [5.41, 5.74) is 1.89. The molecule has 3 atom stereocenters. The summed E-state index contributed by atoms with van der Waals surface area (Å²) in [6.07, 6.45) is 2.51. The minimum Gasteiger partial charge on any atom is -0.381 e. The van der Waals surface area contributed by atoms with Crippen molar-refractivity contribution in [3.05, 3.63) is 21.9 Å². The molecule has 3 aliphatic rings. The molecule has 1 unspecified atom stereocenters. The third kappa shape index (κ3) is 0.967. The Morgan fingerprint density at radius 3 is 3.40 bits per heavy atom. The highest BCUT2D eigenvalue weighted by atomic mass is 32.1. The van der Waals surface area contributed by atoms with E-state index in [9.17, 15) is 0 Å². The van der Waals surface area contributed by atoms with E-state index in [4.69, 9.17) is 4.74 Å². The van der Waals surface area contributed by atoms with Crippen LogP contribution in [0.15, 0.2) is 11.4 Å². The summed E-state index contributed by atoms with van der Waals surface area (Å²) in [6, 6.07) is 2.33. The van der Waals surface area contributed by atoms with Gasteiger partial charge in [-0.15, -0.1) is 11.3 Å². The van der Waals surface area contributed by atoms with Gasteiger partial charge in [0, 0.05) is 23.9 Å². The molecule has 2 nitrogen and oxygen atoms in total. The number of rotatable bonds is 0. The molecule has 3 heterocycles. The molecular formula is C12H15NOS. The highest BCUT2D eigenvalue weighted by Crippen LogP contribution is 2.56. The van der Waals surface area contributed by atoms with Crippen LogP contribution in [0, 0.1) is 11.8 Å². The van der Waals surface area contributed by atoms with Crippen LogP contribution in [0.4, 0.5) is 0 Å². The number of hydrogen-bond acceptors (Lipinski definition) is 3. The zero-order valence-corrected chi connectivity index (χ0v) is 9.48. The molecule has 2 fully saturated rings. The van der Waals surface area contributed by atoms with Gasteiger partial charge in [-0.2, -0.15) is 0 Å². The summed E-state index contributed by atoms with van der Waals surface area (Å²) in [6.45, 7) is 3.11. The lowest BCUT2D eigenvalue weighted by molar-refractivity contribution is 0.0330. The lowest BCUT2D eigenvalue weighted by atomic mass is 9.57. The first-order chi connectivity index (χ1) is 7.40. The van der Waals surface area contributed by atoms with E-state index >= 15 is 0 Å². The fourth-order valence-electron chi connectivity index (χ4n) is 3.69. The largest absolute Gasteiger partial charge is 0.381 e. The van der Waals surface area contributed by atoms with Gasteiger partial charge in [0.05, 0.1) is 12.1 Å². The van der Waals surface area contributed by atoms with E-state index in [2.05, 4.69) is 16.8 Å². The first-order valence-electron chi connectivity index (χ1n) is 5.80. The van der Waals surface area contributed by atoms with Gasteiger partial charge in [0.15, 0.2) is 0 Å². The fourth-order valence-corrected chi connectivity index (χ4v) is 4.65. The maximum absolute atomic E-state index is 5.61. The molecule has 0 aromatic carbocycles. The smallest absolute Gasteiger partial charge is 0.0518 e. The lowest BCUT2D eigenvalue weighted by Crippen LogP contribution is -2.62. The molecule has 0 bridgehead atoms. The Balaban J connectivity index is 1.80. The van der Waals surface area contributed by atoms with E-state index in [0.29, 0.717) is 5.54 Å². The second-order valence-corrected chi connectivity index (χ2v) is 6.01. The molecule has 1 aromatic rings. The molecule has 4 rings (SSSR count). The monoisotopic (exact) mass is 221 g/mol. The van der Waals surface area contributed by atoms with Crippen molar-refractivity contribution in [2.45, 2.75) is 18.4 Å². The van der Waals surface area contributed by atoms with Gasteiger partial charge in [0.1, 0.15) is 0 Å². The van der Waals surface area contributed by atoms with Crippen LogP contribution in [-0.2, 0) is 16.7 Å². The summed E-state index contributed by atoms with van der Waals surface area (Å²) < 4.78 is 5.61. The van der Waals surface area contributed by atoms with Crippen LogP contribution in [0.1, 0.15) is 16.9 Å². The van der Waals surface area contributed by atoms with Crippen LogP contribution in [-0.4, -0.2) is 19.8 Å². The van der Waals surface area contributed by atoms with Crippen molar-refractivity contribution in [1.82, 2.24) is 5.32 Å². The zero-order chi connectivity index (χ0) is 9.88. The molecule has 1 saturated carbocycles. The van der Waals surface area contributed by atoms with E-state index in [-0.39, 0.29) is 0 Å². The minimum absolute atomic E-state index is 0.300. The average molecular weight is 221 g/mol. The van der Waals surface area contributed by atoms with Crippen molar-refractivity contribution in [2.24, 2.45) is 11.8 Å². The van der Waals surface area contributed by atoms with E-state index in [0.717, 1.165) is 31.6 Å². The van der Waals surface area contributed by atoms with Crippen molar-refractivity contribution in [1.29, 1.82) is 0 Å². The molecule has 80 valence electrons. The summed E-state index contributed by atoms with van der Waals surface area (Å²) in [5, 5.41) is 6.02. The summed E-state index contributed by atoms with van der Waals surface area (Å²) >= 11 is 1.93. The van der Waals surface area contributed by atoms with Crippen molar-refractivity contribution in [3.8, 4) is 0 Å². The predicted molar refractivity (Wildman–Crippen MR) is 60.1 cm³/mol. The van der Waals surface area contributed by atoms with Crippen LogP contribution in [0.3, 0.4) is 0 Å². The van der Waals surface area contributed by atoms with Gasteiger partial charge in [0.2, 0.25) is 0 Å². The molecule has 0 amide bonds. The number of nitrogens with one attached hydrogen (secondary N) is 1. The number of hydrogen-bond donors (Lipinski definition) is 1. The average Bonchev–Trinajstić information content (AvgIpc) is 2.82. The van der Waals surface area contributed by atoms with Crippen LogP contribution in [0.5, 0.6) is 0 Å². The highest BCUT2D eigenvalue weighted by Gasteiger charge is 2.58. The molecule has 15 heavy (non-hydrogen) atoms. The Bertz CT molecular complexity index is 402. The first-order valence-corrected chi connectivity index (χ1v) is 6.68. The second-order valence-electron chi connectivity index (χ2n) is 5.01. The highest BCUT2D eigenvalue weighted by molar-refractivity contribution is 7.10. The number of thiophene rings is 1. The van der Waals surface area contributed by atoms with Gasteiger partial charge in [-0.25, -0.2) is 0 Å². The molecule has 1 spiro atoms. The van der Waals surface area contributed by atoms with Gasteiger partial charge < -0.3 is 10.1 Å². The summed E-state index contributed by atoms with van der Waals surface area (Å²) in [4.78, 5) is 1.61. The minimum atomic E-state index is 0.300. The lowest BCUT2D eigenvalue weighted by Gasteiger charge is -2.54. The van der Waals surface area contributed by atoms with Crippen molar-refractivity contribution in [3.63, 3.8) is 0 Å². The standard InChI is InChI=1S/C12H15NOS/c1-3-13-12(9-2-4-15-11(1)9)5-8-6-14-7-10(8)12/h2,4,8,10,13H,1,3,5-7H2/t8-,10+,12?/m1/s1. The second kappa shape index (κ2) is 2.84. The Morgan fingerprint density at radius 2 is 2.47 bits per heavy atom. The molecule has 1 aromatic heterocycles. The van der Waals surface area contributed by atoms with Crippen molar-refractivity contribution < 1.29 is 4.74 Å². The molecular weight excluding hydrogens is 206 g/mol. The topological polar surface area (TPSA) is 21.3 Å². The molecule has 2 aliphatic heterocycles. The first kappa shape index (κ1) is 8.74. The normalized spacial score (nSPS) is 42.4. The SMILES string of the molecule is c1cc2c(s1)CCNC21C[C@@H]2COC[C@@H]21. The maximum Gasteiger partial charge on any atom is 0.0518 e. The quantitative estimate of drug-likeness (QED) is 0.720. The molecule has 3 heteroatoms. The van der Waals surface area contributed by atoms with E-state index in [1.807, 2.05) is 11.3 Å². The molecule has 1 saturated heterocycles. The van der Waals surface area contributed by atoms with E-state index < -0.39 is 0 Å². The van der Waals surface area contributed by atoms with Gasteiger partial charge in [0.25, 0.3) is 0 Å². The Kier molecular flexibility index (Phi) is 1.66. The van der Waals surface area contributed by atoms with Gasteiger partial charge in [-0.05, 0) is 35.8 Å². The molecule has 0 radical (unpaired) electrons. The number of ether oxygens (including phenoxy) is 1. The van der Waals surface area contributed by atoms with E-state index in [1.165, 1.54) is 12.8 Å². The van der Waals surface area contributed by atoms with Crippen LogP contribution >= 0.6 is 11.3 Å². The van der Waals surface area contributed by atoms with Crippen molar-refractivity contribution in [2.75, 3.05) is 19.8 Å². The Morgan fingerprint density at radius 1 is 1.47 bits per heavy atom. The Hall–Kier alpha value is -0.380. The van der Waals surface area contributed by atoms with Crippen LogP contribution in [0.2, 0.25) is 0 Å².